The lowest BCUT2D eigenvalue weighted by atomic mass is 10.0. The van der Waals surface area contributed by atoms with Gasteiger partial charge in [-0.3, -0.25) is 9.88 Å². The molecule has 6 heteroatoms. The molecule has 5 rings (SSSR count). The van der Waals surface area contributed by atoms with Crippen molar-refractivity contribution in [3.63, 3.8) is 0 Å². The third-order valence-corrected chi connectivity index (χ3v) is 6.15. The van der Waals surface area contributed by atoms with Crippen LogP contribution in [0.3, 0.4) is 0 Å². The molecule has 1 N–H and O–H groups in total. The zero-order chi connectivity index (χ0) is 17.5. The first-order valence-corrected chi connectivity index (χ1v) is 9.40. The van der Waals surface area contributed by atoms with Crippen molar-refractivity contribution in [3.05, 3.63) is 48.7 Å². The molecule has 0 amide bonds. The summed E-state index contributed by atoms with van der Waals surface area (Å²) >= 11 is 0. The highest BCUT2D eigenvalue weighted by molar-refractivity contribution is 5.87. The molecule has 0 radical (unpaired) electrons. The molecule has 3 aromatic heterocycles. The van der Waals surface area contributed by atoms with Crippen molar-refractivity contribution in [2.24, 2.45) is 11.8 Å². The number of aromatic amines is 1. The maximum atomic E-state index is 4.57. The van der Waals surface area contributed by atoms with Gasteiger partial charge in [0.25, 0.3) is 0 Å². The lowest BCUT2D eigenvalue weighted by molar-refractivity contribution is 0.298. The van der Waals surface area contributed by atoms with Gasteiger partial charge in [-0.1, -0.05) is 6.07 Å². The van der Waals surface area contributed by atoms with Crippen LogP contribution in [-0.2, 0) is 6.54 Å². The Morgan fingerprint density at radius 1 is 1.19 bits per heavy atom. The second-order valence-corrected chi connectivity index (χ2v) is 7.75. The summed E-state index contributed by atoms with van der Waals surface area (Å²) in [4.78, 5) is 21.3. The number of hydrogen-bond acceptors (Lipinski definition) is 5. The van der Waals surface area contributed by atoms with E-state index in [1.165, 1.54) is 31.5 Å². The molecule has 1 aliphatic carbocycles. The minimum atomic E-state index is 0.568. The van der Waals surface area contributed by atoms with Gasteiger partial charge in [0.05, 0.1) is 5.39 Å². The number of nitrogens with one attached hydrogen (secondary N) is 1. The summed E-state index contributed by atoms with van der Waals surface area (Å²) < 4.78 is 0. The predicted octanol–water partition coefficient (Wildman–Crippen LogP) is 2.70. The normalized spacial score (nSPS) is 25.7. The van der Waals surface area contributed by atoms with E-state index in [1.54, 1.807) is 6.33 Å². The Morgan fingerprint density at radius 3 is 2.81 bits per heavy atom. The molecule has 0 aromatic carbocycles. The van der Waals surface area contributed by atoms with Gasteiger partial charge in [-0.2, -0.15) is 0 Å². The van der Waals surface area contributed by atoms with E-state index in [2.05, 4.69) is 48.9 Å². The van der Waals surface area contributed by atoms with Crippen molar-refractivity contribution < 1.29 is 0 Å². The molecule has 134 valence electrons. The summed E-state index contributed by atoms with van der Waals surface area (Å²) in [6.07, 6.45) is 9.94. The van der Waals surface area contributed by atoms with Crippen LogP contribution < -0.4 is 4.90 Å². The number of nitrogens with zero attached hydrogens (tertiary/aromatic N) is 5. The SMILES string of the molecule is CN(c1ncnc2[nH]ccc12)[C@@H]1C[C@@H]2CN(Cc3cccnc3)C[C@@H]2C1. The quantitative estimate of drug-likeness (QED) is 0.785. The van der Waals surface area contributed by atoms with Crippen LogP contribution in [0.2, 0.25) is 0 Å². The Labute approximate surface area is 153 Å². The van der Waals surface area contributed by atoms with Crippen LogP contribution in [-0.4, -0.2) is 51.0 Å². The smallest absolute Gasteiger partial charge is 0.142 e. The third-order valence-electron chi connectivity index (χ3n) is 6.15. The average molecular weight is 348 g/mol. The highest BCUT2D eigenvalue weighted by Crippen LogP contribution is 2.41. The number of anilines is 1. The molecule has 2 fully saturated rings. The molecule has 0 bridgehead atoms. The molecule has 1 aliphatic heterocycles. The van der Waals surface area contributed by atoms with Crippen molar-refractivity contribution in [2.45, 2.75) is 25.4 Å². The van der Waals surface area contributed by atoms with Crippen LogP contribution in [0.1, 0.15) is 18.4 Å². The second kappa shape index (κ2) is 6.36. The molecule has 2 aliphatic rings. The minimum Gasteiger partial charge on any atom is -0.356 e. The van der Waals surface area contributed by atoms with E-state index >= 15 is 0 Å². The van der Waals surface area contributed by atoms with Gasteiger partial charge < -0.3 is 9.88 Å². The Kier molecular flexibility index (Phi) is 3.85. The molecule has 3 aromatic rings. The molecule has 3 atom stereocenters. The molecule has 26 heavy (non-hydrogen) atoms. The number of aromatic nitrogens is 4. The van der Waals surface area contributed by atoms with E-state index < -0.39 is 0 Å². The standard InChI is InChI=1S/C20H24N6/c1-25(20-18-4-6-22-19(18)23-13-24-20)17-7-15-11-26(12-16(15)8-17)10-14-3-2-5-21-9-14/h2-6,9,13,15-17H,7-8,10-12H2,1H3,(H,22,23,24)/t15-,16+,17-. The van der Waals surface area contributed by atoms with E-state index in [0.717, 1.165) is 35.2 Å². The van der Waals surface area contributed by atoms with Crippen molar-refractivity contribution in [2.75, 3.05) is 25.0 Å². The molecule has 0 spiro atoms. The summed E-state index contributed by atoms with van der Waals surface area (Å²) in [6.45, 7) is 3.43. The van der Waals surface area contributed by atoms with Crippen LogP contribution in [0, 0.1) is 11.8 Å². The fourth-order valence-electron chi connectivity index (χ4n) is 4.87. The van der Waals surface area contributed by atoms with E-state index in [-0.39, 0.29) is 0 Å². The fourth-order valence-corrected chi connectivity index (χ4v) is 4.87. The second-order valence-electron chi connectivity index (χ2n) is 7.75. The number of pyridine rings is 1. The first-order valence-electron chi connectivity index (χ1n) is 9.40. The number of rotatable bonds is 4. The van der Waals surface area contributed by atoms with Gasteiger partial charge in [-0.05, 0) is 42.4 Å². The Balaban J connectivity index is 1.26. The van der Waals surface area contributed by atoms with Crippen molar-refractivity contribution in [1.82, 2.24) is 24.8 Å². The minimum absolute atomic E-state index is 0.568. The lowest BCUT2D eigenvalue weighted by Gasteiger charge is -2.28. The van der Waals surface area contributed by atoms with Crippen molar-refractivity contribution >= 4 is 16.9 Å². The average Bonchev–Trinajstić information content (AvgIpc) is 3.35. The van der Waals surface area contributed by atoms with Gasteiger partial charge in [-0.25, -0.2) is 9.97 Å². The van der Waals surface area contributed by atoms with Crippen LogP contribution in [0.25, 0.3) is 11.0 Å². The van der Waals surface area contributed by atoms with Gasteiger partial charge in [0.1, 0.15) is 17.8 Å². The number of H-pyrrole nitrogens is 1. The summed E-state index contributed by atoms with van der Waals surface area (Å²) in [5.74, 6) is 2.64. The van der Waals surface area contributed by atoms with E-state index in [9.17, 15) is 0 Å². The maximum Gasteiger partial charge on any atom is 0.142 e. The molecular weight excluding hydrogens is 324 g/mol. The van der Waals surface area contributed by atoms with Gasteiger partial charge >= 0.3 is 0 Å². The Bertz CT molecular complexity index is 877. The monoisotopic (exact) mass is 348 g/mol. The van der Waals surface area contributed by atoms with Crippen LogP contribution in [0.4, 0.5) is 5.82 Å². The van der Waals surface area contributed by atoms with E-state index in [4.69, 9.17) is 0 Å². The van der Waals surface area contributed by atoms with Crippen LogP contribution in [0.15, 0.2) is 43.1 Å². The topological polar surface area (TPSA) is 60.9 Å². The van der Waals surface area contributed by atoms with Gasteiger partial charge in [0, 0.05) is 51.3 Å². The molecule has 6 nitrogen and oxygen atoms in total. The number of fused-ring (bicyclic) bond motifs is 2. The Hall–Kier alpha value is -2.47. The maximum absolute atomic E-state index is 4.57. The molecule has 4 heterocycles. The zero-order valence-electron chi connectivity index (χ0n) is 15.0. The van der Waals surface area contributed by atoms with Crippen molar-refractivity contribution in [1.29, 1.82) is 0 Å². The highest BCUT2D eigenvalue weighted by atomic mass is 15.2. The third kappa shape index (κ3) is 2.74. The fraction of sp³-hybridized carbons (Fsp3) is 0.450. The molecule has 1 saturated heterocycles. The van der Waals surface area contributed by atoms with Gasteiger partial charge in [0.2, 0.25) is 0 Å². The zero-order valence-corrected chi connectivity index (χ0v) is 15.0. The van der Waals surface area contributed by atoms with Crippen LogP contribution >= 0.6 is 0 Å². The summed E-state index contributed by atoms with van der Waals surface area (Å²) in [7, 11) is 2.19. The first-order chi connectivity index (χ1) is 12.8. The van der Waals surface area contributed by atoms with Crippen LogP contribution in [0.5, 0.6) is 0 Å². The molecule has 1 saturated carbocycles. The predicted molar refractivity (Wildman–Crippen MR) is 102 cm³/mol. The summed E-state index contributed by atoms with van der Waals surface area (Å²) in [5, 5.41) is 1.12. The molecular formula is C20H24N6. The van der Waals surface area contributed by atoms with E-state index in [0.29, 0.717) is 6.04 Å². The van der Waals surface area contributed by atoms with Gasteiger partial charge in [0.15, 0.2) is 0 Å². The Morgan fingerprint density at radius 2 is 2.04 bits per heavy atom. The highest BCUT2D eigenvalue weighted by Gasteiger charge is 2.42. The molecule has 0 unspecified atom stereocenters. The van der Waals surface area contributed by atoms with E-state index in [1.807, 2.05) is 24.7 Å². The number of hydrogen-bond donors (Lipinski definition) is 1. The van der Waals surface area contributed by atoms with Crippen molar-refractivity contribution in [3.8, 4) is 0 Å². The largest absolute Gasteiger partial charge is 0.356 e. The number of likely N-dealkylation sites (tertiary alicyclic amines) is 1. The lowest BCUT2D eigenvalue weighted by Crippen LogP contribution is -2.32. The van der Waals surface area contributed by atoms with Gasteiger partial charge in [-0.15, -0.1) is 0 Å². The summed E-state index contributed by atoms with van der Waals surface area (Å²) in [6, 6.07) is 6.85. The first kappa shape index (κ1) is 15.8. The summed E-state index contributed by atoms with van der Waals surface area (Å²) in [5.41, 5.74) is 2.24.